The Bertz CT molecular complexity index is 323. The smallest absolute Gasteiger partial charge is 0.0920 e. The number of aromatic nitrogens is 1. The summed E-state index contributed by atoms with van der Waals surface area (Å²) < 4.78 is 0. The number of nitrogens with zero attached hydrogens (tertiary/aromatic N) is 2. The fourth-order valence-electron chi connectivity index (χ4n) is 1.53. The van der Waals surface area contributed by atoms with Crippen molar-refractivity contribution < 1.29 is 0 Å². The molecule has 1 aromatic rings. The van der Waals surface area contributed by atoms with Gasteiger partial charge in [0.15, 0.2) is 0 Å². The highest BCUT2D eigenvalue weighted by molar-refractivity contribution is 5.77. The molecular formula is C12H20N4. The average Bonchev–Trinajstić information content (AvgIpc) is 2.26. The molecule has 0 aliphatic heterocycles. The third-order valence-corrected chi connectivity index (χ3v) is 2.71. The van der Waals surface area contributed by atoms with E-state index in [1.165, 1.54) is 0 Å². The zero-order valence-corrected chi connectivity index (χ0v) is 9.98. The van der Waals surface area contributed by atoms with Crippen LogP contribution in [0.25, 0.3) is 0 Å². The van der Waals surface area contributed by atoms with Gasteiger partial charge in [-0.2, -0.15) is 0 Å². The van der Waals surface area contributed by atoms with Crippen molar-refractivity contribution in [1.29, 1.82) is 5.41 Å². The van der Waals surface area contributed by atoms with Gasteiger partial charge in [-0.1, -0.05) is 6.07 Å². The van der Waals surface area contributed by atoms with Crippen LogP contribution in [0.15, 0.2) is 24.4 Å². The number of rotatable bonds is 6. The monoisotopic (exact) mass is 220 g/mol. The molecule has 4 heteroatoms. The highest BCUT2D eigenvalue weighted by atomic mass is 15.1. The molecule has 16 heavy (non-hydrogen) atoms. The lowest BCUT2D eigenvalue weighted by Gasteiger charge is -2.23. The summed E-state index contributed by atoms with van der Waals surface area (Å²) in [4.78, 5) is 6.48. The average molecular weight is 220 g/mol. The molecule has 4 nitrogen and oxygen atoms in total. The fraction of sp³-hybridized carbons (Fsp3) is 0.500. The van der Waals surface area contributed by atoms with Crippen molar-refractivity contribution >= 4 is 5.84 Å². The predicted molar refractivity (Wildman–Crippen MR) is 66.6 cm³/mol. The molecule has 0 aliphatic rings. The van der Waals surface area contributed by atoms with Crippen LogP contribution in [0, 0.1) is 5.41 Å². The first-order valence-corrected chi connectivity index (χ1v) is 5.52. The van der Waals surface area contributed by atoms with Crippen LogP contribution in [0.1, 0.15) is 19.0 Å². The van der Waals surface area contributed by atoms with Crippen molar-refractivity contribution in [3.05, 3.63) is 30.1 Å². The van der Waals surface area contributed by atoms with Crippen LogP contribution in [-0.4, -0.2) is 35.4 Å². The van der Waals surface area contributed by atoms with Crippen LogP contribution < -0.4 is 5.73 Å². The molecule has 0 fully saturated rings. The van der Waals surface area contributed by atoms with Crippen LogP contribution >= 0.6 is 0 Å². The van der Waals surface area contributed by atoms with Gasteiger partial charge in [0.25, 0.3) is 0 Å². The molecule has 1 atom stereocenters. The van der Waals surface area contributed by atoms with Crippen LogP contribution in [-0.2, 0) is 6.42 Å². The number of likely N-dealkylation sites (N-methyl/N-ethyl adjacent to an activating group) is 1. The Morgan fingerprint density at radius 2 is 2.31 bits per heavy atom. The Morgan fingerprint density at radius 1 is 1.56 bits per heavy atom. The van der Waals surface area contributed by atoms with Gasteiger partial charge in [-0.05, 0) is 26.1 Å². The Morgan fingerprint density at radius 3 is 2.88 bits per heavy atom. The summed E-state index contributed by atoms with van der Waals surface area (Å²) in [6.07, 6.45) is 3.37. The quantitative estimate of drug-likeness (QED) is 0.560. The van der Waals surface area contributed by atoms with E-state index in [1.807, 2.05) is 24.4 Å². The van der Waals surface area contributed by atoms with Crippen molar-refractivity contribution in [3.8, 4) is 0 Å². The molecule has 3 N–H and O–H groups in total. The maximum atomic E-state index is 7.25. The SMILES string of the molecule is CC(CC(=N)N)N(C)CCc1ccccn1. The molecule has 0 aromatic carbocycles. The summed E-state index contributed by atoms with van der Waals surface area (Å²) in [6.45, 7) is 3.02. The molecular weight excluding hydrogens is 200 g/mol. The van der Waals surface area contributed by atoms with Crippen molar-refractivity contribution in [2.75, 3.05) is 13.6 Å². The van der Waals surface area contributed by atoms with Crippen LogP contribution in [0.3, 0.4) is 0 Å². The van der Waals surface area contributed by atoms with E-state index < -0.39 is 0 Å². The molecule has 1 heterocycles. The molecule has 0 radical (unpaired) electrons. The highest BCUT2D eigenvalue weighted by Gasteiger charge is 2.10. The number of nitrogens with two attached hydrogens (primary N) is 1. The largest absolute Gasteiger partial charge is 0.388 e. The van der Waals surface area contributed by atoms with Gasteiger partial charge in [-0.3, -0.25) is 10.4 Å². The van der Waals surface area contributed by atoms with E-state index in [0.29, 0.717) is 12.5 Å². The van der Waals surface area contributed by atoms with E-state index in [1.54, 1.807) is 0 Å². The second kappa shape index (κ2) is 6.23. The lowest BCUT2D eigenvalue weighted by molar-refractivity contribution is 0.265. The standard InChI is InChI=1S/C12H20N4/c1-10(9-12(13)14)16(2)8-6-11-5-3-4-7-15-11/h3-5,7,10H,6,8-9H2,1-2H3,(H3,13,14). The first-order chi connectivity index (χ1) is 7.59. The number of hydrogen-bond acceptors (Lipinski definition) is 3. The number of hydrogen-bond donors (Lipinski definition) is 2. The number of nitrogens with one attached hydrogen (secondary N) is 1. The zero-order chi connectivity index (χ0) is 12.0. The lowest BCUT2D eigenvalue weighted by atomic mass is 10.2. The van der Waals surface area contributed by atoms with E-state index in [0.717, 1.165) is 18.7 Å². The molecule has 0 spiro atoms. The Kier molecular flexibility index (Phi) is 4.92. The van der Waals surface area contributed by atoms with Gasteiger partial charge in [-0.25, -0.2) is 0 Å². The lowest BCUT2D eigenvalue weighted by Crippen LogP contribution is -2.34. The molecule has 1 unspecified atom stereocenters. The molecule has 1 rings (SSSR count). The van der Waals surface area contributed by atoms with Crippen molar-refractivity contribution in [3.63, 3.8) is 0 Å². The summed E-state index contributed by atoms with van der Waals surface area (Å²) >= 11 is 0. The number of amidine groups is 1. The molecule has 0 amide bonds. The summed E-state index contributed by atoms with van der Waals surface area (Å²) in [7, 11) is 2.05. The normalized spacial score (nSPS) is 12.7. The van der Waals surface area contributed by atoms with E-state index >= 15 is 0 Å². The summed E-state index contributed by atoms with van der Waals surface area (Å²) in [5.41, 5.74) is 6.48. The van der Waals surface area contributed by atoms with E-state index in [-0.39, 0.29) is 5.84 Å². The minimum atomic E-state index is 0.247. The highest BCUT2D eigenvalue weighted by Crippen LogP contribution is 2.03. The van der Waals surface area contributed by atoms with Gasteiger partial charge >= 0.3 is 0 Å². The predicted octanol–water partition coefficient (Wildman–Crippen LogP) is 1.27. The van der Waals surface area contributed by atoms with Crippen LogP contribution in [0.4, 0.5) is 0 Å². The summed E-state index contributed by atoms with van der Waals surface area (Å²) in [5, 5.41) is 7.25. The second-order valence-corrected chi connectivity index (χ2v) is 4.13. The topological polar surface area (TPSA) is 66.0 Å². The maximum Gasteiger partial charge on any atom is 0.0920 e. The van der Waals surface area contributed by atoms with Crippen molar-refractivity contribution in [1.82, 2.24) is 9.88 Å². The second-order valence-electron chi connectivity index (χ2n) is 4.13. The first-order valence-electron chi connectivity index (χ1n) is 5.52. The van der Waals surface area contributed by atoms with Crippen LogP contribution in [0.5, 0.6) is 0 Å². The van der Waals surface area contributed by atoms with Gasteiger partial charge in [0.1, 0.15) is 0 Å². The molecule has 0 saturated heterocycles. The summed E-state index contributed by atoms with van der Waals surface area (Å²) in [5.74, 6) is 0.247. The van der Waals surface area contributed by atoms with Crippen molar-refractivity contribution in [2.24, 2.45) is 5.73 Å². The van der Waals surface area contributed by atoms with Gasteiger partial charge in [0.2, 0.25) is 0 Å². The minimum Gasteiger partial charge on any atom is -0.388 e. The fourth-order valence-corrected chi connectivity index (χ4v) is 1.53. The Balaban J connectivity index is 2.35. The molecule has 88 valence electrons. The first kappa shape index (κ1) is 12.6. The molecule has 0 aliphatic carbocycles. The van der Waals surface area contributed by atoms with Gasteiger partial charge < -0.3 is 10.6 Å². The van der Waals surface area contributed by atoms with Gasteiger partial charge in [-0.15, -0.1) is 0 Å². The van der Waals surface area contributed by atoms with Crippen molar-refractivity contribution in [2.45, 2.75) is 25.8 Å². The molecule has 1 aromatic heterocycles. The zero-order valence-electron chi connectivity index (χ0n) is 9.98. The molecule has 0 bridgehead atoms. The Labute approximate surface area is 97.0 Å². The van der Waals surface area contributed by atoms with E-state index in [4.69, 9.17) is 11.1 Å². The van der Waals surface area contributed by atoms with E-state index in [9.17, 15) is 0 Å². The van der Waals surface area contributed by atoms with Gasteiger partial charge in [0.05, 0.1) is 5.84 Å². The third-order valence-electron chi connectivity index (χ3n) is 2.71. The summed E-state index contributed by atoms with van der Waals surface area (Å²) in [6, 6.07) is 6.26. The van der Waals surface area contributed by atoms with E-state index in [2.05, 4.69) is 23.9 Å². The third kappa shape index (κ3) is 4.40. The number of pyridine rings is 1. The Hall–Kier alpha value is -1.42. The minimum absolute atomic E-state index is 0.247. The van der Waals surface area contributed by atoms with Gasteiger partial charge in [0, 0.05) is 37.3 Å². The molecule has 0 saturated carbocycles. The van der Waals surface area contributed by atoms with Crippen LogP contribution in [0.2, 0.25) is 0 Å². The maximum absolute atomic E-state index is 7.25.